The maximum Gasteiger partial charge on any atom is 0.342 e. The van der Waals surface area contributed by atoms with Crippen molar-refractivity contribution in [3.63, 3.8) is 0 Å². The monoisotopic (exact) mass is 327 g/mol. The molecule has 2 aromatic rings. The van der Waals surface area contributed by atoms with Crippen molar-refractivity contribution in [2.24, 2.45) is 0 Å². The first kappa shape index (κ1) is 13.0. The van der Waals surface area contributed by atoms with Crippen LogP contribution in [0.4, 0.5) is 0 Å². The van der Waals surface area contributed by atoms with E-state index in [-0.39, 0.29) is 22.5 Å². The smallest absolute Gasteiger partial charge is 0.342 e. The molecular formula is C12H10BrNO3S. The fraction of sp³-hybridized carbons (Fsp3) is 0.167. The molecule has 2 rings (SSSR count). The molecular weight excluding hydrogens is 318 g/mol. The summed E-state index contributed by atoms with van der Waals surface area (Å²) in [7, 11) is 0. The van der Waals surface area contributed by atoms with Gasteiger partial charge >= 0.3 is 5.97 Å². The van der Waals surface area contributed by atoms with Gasteiger partial charge in [-0.15, -0.1) is 11.3 Å². The van der Waals surface area contributed by atoms with Crippen molar-refractivity contribution in [3.8, 4) is 16.3 Å². The molecule has 0 atom stereocenters. The number of esters is 1. The molecule has 0 unspecified atom stereocenters. The van der Waals surface area contributed by atoms with E-state index < -0.39 is 5.97 Å². The maximum atomic E-state index is 11.7. The molecule has 94 valence electrons. The lowest BCUT2D eigenvalue weighted by Gasteiger charge is -2.07. The minimum absolute atomic E-state index is 0.113. The van der Waals surface area contributed by atoms with Gasteiger partial charge in [-0.1, -0.05) is 6.07 Å². The number of carbonyl (C=O) groups is 1. The molecule has 0 fully saturated rings. The third kappa shape index (κ3) is 2.54. The van der Waals surface area contributed by atoms with Gasteiger partial charge in [-0.05, 0) is 40.4 Å². The van der Waals surface area contributed by atoms with E-state index >= 15 is 0 Å². The Morgan fingerprint density at radius 1 is 1.61 bits per heavy atom. The molecule has 0 radical (unpaired) electrons. The predicted molar refractivity (Wildman–Crippen MR) is 72.9 cm³/mol. The van der Waals surface area contributed by atoms with E-state index in [0.29, 0.717) is 5.69 Å². The van der Waals surface area contributed by atoms with Crippen molar-refractivity contribution < 1.29 is 14.6 Å². The van der Waals surface area contributed by atoms with Crippen molar-refractivity contribution in [1.82, 2.24) is 4.98 Å². The molecule has 0 aliphatic carbocycles. The number of aromatic hydroxyl groups is 1. The molecule has 0 aliphatic rings. The van der Waals surface area contributed by atoms with Crippen LogP contribution in [0.5, 0.6) is 5.75 Å². The first-order valence-electron chi connectivity index (χ1n) is 5.24. The third-order valence-corrected chi connectivity index (χ3v) is 3.66. The largest absolute Gasteiger partial charge is 0.504 e. The zero-order valence-electron chi connectivity index (χ0n) is 9.51. The fourth-order valence-electron chi connectivity index (χ4n) is 1.42. The summed E-state index contributed by atoms with van der Waals surface area (Å²) in [5.74, 6) is -0.760. The van der Waals surface area contributed by atoms with E-state index in [1.807, 2.05) is 17.5 Å². The quantitative estimate of drug-likeness (QED) is 0.692. The number of hydrogen-bond acceptors (Lipinski definition) is 5. The maximum absolute atomic E-state index is 11.7. The standard InChI is InChI=1S/C12H10BrNO3S/c1-2-17-12(16)7-6-8(9-4-3-5-18-9)14-11(13)10(7)15/h3-6,15H,2H2,1H3. The van der Waals surface area contributed by atoms with E-state index in [0.717, 1.165) is 4.88 Å². The van der Waals surface area contributed by atoms with Gasteiger partial charge in [0.15, 0.2) is 5.75 Å². The van der Waals surface area contributed by atoms with Crippen LogP contribution in [0.2, 0.25) is 0 Å². The normalized spacial score (nSPS) is 10.3. The topological polar surface area (TPSA) is 59.4 Å². The number of rotatable bonds is 3. The molecule has 0 aromatic carbocycles. The molecule has 2 aromatic heterocycles. The molecule has 0 spiro atoms. The Balaban J connectivity index is 2.50. The van der Waals surface area contributed by atoms with Gasteiger partial charge in [0.2, 0.25) is 0 Å². The van der Waals surface area contributed by atoms with Crippen LogP contribution in [0.1, 0.15) is 17.3 Å². The molecule has 0 aliphatic heterocycles. The first-order valence-corrected chi connectivity index (χ1v) is 6.91. The van der Waals surface area contributed by atoms with E-state index in [9.17, 15) is 9.90 Å². The van der Waals surface area contributed by atoms with Crippen molar-refractivity contribution in [2.45, 2.75) is 6.92 Å². The molecule has 0 bridgehead atoms. The number of carbonyl (C=O) groups excluding carboxylic acids is 1. The summed E-state index contributed by atoms with van der Waals surface area (Å²) in [6, 6.07) is 5.32. The van der Waals surface area contributed by atoms with Crippen molar-refractivity contribution in [1.29, 1.82) is 0 Å². The summed E-state index contributed by atoms with van der Waals surface area (Å²) in [6.45, 7) is 1.97. The van der Waals surface area contributed by atoms with E-state index in [1.54, 1.807) is 6.92 Å². The SMILES string of the molecule is CCOC(=O)c1cc(-c2cccs2)nc(Br)c1O. The molecule has 0 saturated heterocycles. The van der Waals surface area contributed by atoms with E-state index in [1.165, 1.54) is 17.4 Å². The molecule has 2 heterocycles. The molecule has 4 nitrogen and oxygen atoms in total. The van der Waals surface area contributed by atoms with Crippen LogP contribution in [0.15, 0.2) is 28.2 Å². The van der Waals surface area contributed by atoms with Crippen molar-refractivity contribution in [2.75, 3.05) is 6.61 Å². The zero-order valence-corrected chi connectivity index (χ0v) is 11.9. The highest BCUT2D eigenvalue weighted by Crippen LogP contribution is 2.32. The Hall–Kier alpha value is -1.40. The Morgan fingerprint density at radius 3 is 3.00 bits per heavy atom. The zero-order chi connectivity index (χ0) is 13.1. The van der Waals surface area contributed by atoms with Gasteiger partial charge in [0.1, 0.15) is 10.2 Å². The number of aromatic nitrogens is 1. The van der Waals surface area contributed by atoms with Crippen LogP contribution >= 0.6 is 27.3 Å². The van der Waals surface area contributed by atoms with Crippen LogP contribution in [0.3, 0.4) is 0 Å². The number of halogens is 1. The van der Waals surface area contributed by atoms with Crippen LogP contribution in [-0.4, -0.2) is 22.7 Å². The minimum atomic E-state index is -0.559. The summed E-state index contributed by atoms with van der Waals surface area (Å²) in [4.78, 5) is 16.8. The Bertz CT molecular complexity index is 569. The highest BCUT2D eigenvalue weighted by atomic mass is 79.9. The fourth-order valence-corrected chi connectivity index (χ4v) is 2.51. The summed E-state index contributed by atoms with van der Waals surface area (Å²) >= 11 is 4.64. The number of nitrogens with zero attached hydrogens (tertiary/aromatic N) is 1. The Kier molecular flexibility index (Phi) is 3.98. The van der Waals surface area contributed by atoms with Gasteiger partial charge in [0.25, 0.3) is 0 Å². The lowest BCUT2D eigenvalue weighted by atomic mass is 10.2. The first-order chi connectivity index (χ1) is 8.63. The van der Waals surface area contributed by atoms with Crippen LogP contribution in [-0.2, 0) is 4.74 Å². The lowest BCUT2D eigenvalue weighted by Crippen LogP contribution is -2.06. The van der Waals surface area contributed by atoms with Gasteiger partial charge in [-0.25, -0.2) is 9.78 Å². The molecule has 1 N–H and O–H groups in total. The number of pyridine rings is 1. The second-order valence-corrected chi connectivity index (χ2v) is 5.09. The second kappa shape index (κ2) is 5.49. The molecule has 6 heteroatoms. The predicted octanol–water partition coefficient (Wildman–Crippen LogP) is 3.45. The van der Waals surface area contributed by atoms with Gasteiger partial charge in [0.05, 0.1) is 17.2 Å². The minimum Gasteiger partial charge on any atom is -0.504 e. The number of hydrogen-bond donors (Lipinski definition) is 1. The number of ether oxygens (including phenoxy) is 1. The van der Waals surface area contributed by atoms with Crippen LogP contribution in [0.25, 0.3) is 10.6 Å². The van der Waals surface area contributed by atoms with Crippen molar-refractivity contribution >= 4 is 33.2 Å². The summed E-state index contributed by atoms with van der Waals surface area (Å²) < 4.78 is 5.12. The lowest BCUT2D eigenvalue weighted by molar-refractivity contribution is 0.0523. The summed E-state index contributed by atoms with van der Waals surface area (Å²) in [5, 5.41) is 11.7. The van der Waals surface area contributed by atoms with Gasteiger partial charge < -0.3 is 9.84 Å². The van der Waals surface area contributed by atoms with Gasteiger partial charge in [-0.3, -0.25) is 0 Å². The highest BCUT2D eigenvalue weighted by molar-refractivity contribution is 9.10. The average molecular weight is 328 g/mol. The molecule has 0 amide bonds. The van der Waals surface area contributed by atoms with Crippen LogP contribution in [0, 0.1) is 0 Å². The number of thiophene rings is 1. The Labute approximate surface area is 116 Å². The van der Waals surface area contributed by atoms with Crippen LogP contribution < -0.4 is 0 Å². The second-order valence-electron chi connectivity index (χ2n) is 3.39. The highest BCUT2D eigenvalue weighted by Gasteiger charge is 2.18. The Morgan fingerprint density at radius 2 is 2.39 bits per heavy atom. The van der Waals surface area contributed by atoms with Gasteiger partial charge in [0, 0.05) is 0 Å². The van der Waals surface area contributed by atoms with E-state index in [4.69, 9.17) is 4.74 Å². The summed E-state index contributed by atoms with van der Waals surface area (Å²) in [6.07, 6.45) is 0. The summed E-state index contributed by atoms with van der Waals surface area (Å²) in [5.41, 5.74) is 0.736. The van der Waals surface area contributed by atoms with Gasteiger partial charge in [-0.2, -0.15) is 0 Å². The molecule has 18 heavy (non-hydrogen) atoms. The third-order valence-electron chi connectivity index (χ3n) is 2.22. The molecule has 0 saturated carbocycles. The van der Waals surface area contributed by atoms with Crippen molar-refractivity contribution in [3.05, 3.63) is 33.7 Å². The average Bonchev–Trinajstić information content (AvgIpc) is 2.86. The van der Waals surface area contributed by atoms with E-state index in [2.05, 4.69) is 20.9 Å².